The topological polar surface area (TPSA) is 39.1 Å². The van der Waals surface area contributed by atoms with E-state index in [1.54, 1.807) is 0 Å². The average molecular weight is 314 g/mol. The summed E-state index contributed by atoms with van der Waals surface area (Å²) < 4.78 is 0. The van der Waals surface area contributed by atoms with Crippen molar-refractivity contribution in [2.24, 2.45) is 0 Å². The molecule has 0 bridgehead atoms. The Hall–Kier alpha value is -1.05. The first-order chi connectivity index (χ1) is 8.85. The van der Waals surface area contributed by atoms with E-state index in [1.165, 1.54) is 5.56 Å². The number of nitriles is 1. The lowest BCUT2D eigenvalue weighted by atomic mass is 10.00. The molecule has 3 nitrogen and oxygen atoms in total. The molecular weight excluding hydrogens is 293 g/mol. The van der Waals surface area contributed by atoms with Gasteiger partial charge in [-0.1, -0.05) is 18.2 Å². The van der Waals surface area contributed by atoms with Crippen molar-refractivity contribution >= 4 is 24.8 Å². The molecule has 1 aliphatic rings. The van der Waals surface area contributed by atoms with E-state index in [0.29, 0.717) is 6.04 Å². The summed E-state index contributed by atoms with van der Waals surface area (Å²) in [6.45, 7) is 8.09. The summed E-state index contributed by atoms with van der Waals surface area (Å²) in [5.41, 5.74) is 1.99. The molecular formula is C15H21Cl2N3. The predicted octanol–water partition coefficient (Wildman–Crippen LogP) is 2.92. The first-order valence-electron chi connectivity index (χ1n) is 6.41. The molecule has 1 heterocycles. The lowest BCUT2D eigenvalue weighted by molar-refractivity contribution is 0.174. The van der Waals surface area contributed by atoms with E-state index >= 15 is 0 Å². The predicted molar refractivity (Wildman–Crippen MR) is 87.7 cm³/mol. The van der Waals surface area contributed by atoms with Crippen LogP contribution in [0.15, 0.2) is 36.9 Å². The fourth-order valence-electron chi connectivity index (χ4n) is 2.43. The number of rotatable bonds is 4. The van der Waals surface area contributed by atoms with Crippen LogP contribution in [0.1, 0.15) is 23.6 Å². The highest BCUT2D eigenvalue weighted by atomic mass is 35.5. The Kier molecular flexibility index (Phi) is 9.28. The second kappa shape index (κ2) is 9.79. The fraction of sp³-hybridized carbons (Fsp3) is 0.400. The van der Waals surface area contributed by atoms with Gasteiger partial charge in [-0.3, -0.25) is 4.90 Å². The van der Waals surface area contributed by atoms with E-state index in [1.807, 2.05) is 18.2 Å². The van der Waals surface area contributed by atoms with Gasteiger partial charge in [0.2, 0.25) is 0 Å². The summed E-state index contributed by atoms with van der Waals surface area (Å²) in [6, 6.07) is 10.5. The van der Waals surface area contributed by atoms with Crippen LogP contribution in [0.25, 0.3) is 0 Å². The molecule has 20 heavy (non-hydrogen) atoms. The SMILES string of the molecule is C=CC[C@@H](c1ccc(C#N)cc1)N1CCNCC1.Cl.Cl. The maximum absolute atomic E-state index is 8.83. The van der Waals surface area contributed by atoms with E-state index in [2.05, 4.69) is 35.0 Å². The summed E-state index contributed by atoms with van der Waals surface area (Å²) in [4.78, 5) is 2.49. The molecule has 0 saturated carbocycles. The molecule has 1 aliphatic heterocycles. The molecule has 0 aromatic heterocycles. The van der Waals surface area contributed by atoms with Crippen molar-refractivity contribution in [2.45, 2.75) is 12.5 Å². The third-order valence-electron chi connectivity index (χ3n) is 3.41. The first kappa shape index (κ1) is 18.9. The minimum atomic E-state index is 0. The van der Waals surface area contributed by atoms with E-state index in [4.69, 9.17) is 5.26 Å². The van der Waals surface area contributed by atoms with Gasteiger partial charge in [0.05, 0.1) is 11.6 Å². The van der Waals surface area contributed by atoms with E-state index in [-0.39, 0.29) is 24.8 Å². The van der Waals surface area contributed by atoms with Crippen molar-refractivity contribution in [1.82, 2.24) is 10.2 Å². The molecule has 1 saturated heterocycles. The lowest BCUT2D eigenvalue weighted by Gasteiger charge is -2.34. The maximum atomic E-state index is 8.83. The van der Waals surface area contributed by atoms with Crippen LogP contribution in [0.2, 0.25) is 0 Å². The molecule has 0 amide bonds. The number of benzene rings is 1. The third kappa shape index (κ3) is 4.81. The van der Waals surface area contributed by atoms with Gasteiger partial charge in [-0.2, -0.15) is 5.26 Å². The third-order valence-corrected chi connectivity index (χ3v) is 3.41. The first-order valence-corrected chi connectivity index (χ1v) is 6.41. The van der Waals surface area contributed by atoms with Crippen LogP contribution < -0.4 is 5.32 Å². The summed E-state index contributed by atoms with van der Waals surface area (Å²) in [7, 11) is 0. The Labute approximate surface area is 133 Å². The second-order valence-corrected chi connectivity index (χ2v) is 4.56. The van der Waals surface area contributed by atoms with E-state index < -0.39 is 0 Å². The number of halogens is 2. The Bertz CT molecular complexity index is 433. The molecule has 1 N–H and O–H groups in total. The van der Waals surface area contributed by atoms with E-state index in [0.717, 1.165) is 38.2 Å². The molecule has 1 atom stereocenters. The van der Waals surface area contributed by atoms with Crippen molar-refractivity contribution in [3.8, 4) is 6.07 Å². The smallest absolute Gasteiger partial charge is 0.0991 e. The molecule has 2 rings (SSSR count). The molecule has 1 aromatic carbocycles. The number of nitrogens with zero attached hydrogens (tertiary/aromatic N) is 2. The van der Waals surface area contributed by atoms with Crippen LogP contribution in [0, 0.1) is 11.3 Å². The van der Waals surface area contributed by atoms with Crippen molar-refractivity contribution in [3.63, 3.8) is 0 Å². The maximum Gasteiger partial charge on any atom is 0.0991 e. The van der Waals surface area contributed by atoms with Crippen LogP contribution in [-0.2, 0) is 0 Å². The number of hydrogen-bond donors (Lipinski definition) is 1. The van der Waals surface area contributed by atoms with Gasteiger partial charge < -0.3 is 5.32 Å². The highest BCUT2D eigenvalue weighted by Gasteiger charge is 2.20. The molecule has 0 unspecified atom stereocenters. The largest absolute Gasteiger partial charge is 0.314 e. The van der Waals surface area contributed by atoms with Gasteiger partial charge in [-0.05, 0) is 24.1 Å². The zero-order valence-electron chi connectivity index (χ0n) is 11.4. The monoisotopic (exact) mass is 313 g/mol. The van der Waals surface area contributed by atoms with Crippen molar-refractivity contribution in [3.05, 3.63) is 48.0 Å². The standard InChI is InChI=1S/C15H19N3.2ClH/c1-2-3-15(18-10-8-17-9-11-18)14-6-4-13(12-16)5-7-14;;/h2,4-7,15,17H,1,3,8-11H2;2*1H/t15-;;/m0../s1. The highest BCUT2D eigenvalue weighted by molar-refractivity contribution is 5.85. The second-order valence-electron chi connectivity index (χ2n) is 4.56. The Morgan fingerprint density at radius 3 is 2.35 bits per heavy atom. The van der Waals surface area contributed by atoms with Crippen LogP contribution in [-0.4, -0.2) is 31.1 Å². The molecule has 0 spiro atoms. The Morgan fingerprint density at radius 2 is 1.85 bits per heavy atom. The lowest BCUT2D eigenvalue weighted by Crippen LogP contribution is -2.45. The molecule has 1 aromatic rings. The van der Waals surface area contributed by atoms with Crippen LogP contribution in [0.3, 0.4) is 0 Å². The van der Waals surface area contributed by atoms with Crippen molar-refractivity contribution in [2.75, 3.05) is 26.2 Å². The van der Waals surface area contributed by atoms with Gasteiger partial charge in [0.25, 0.3) is 0 Å². The van der Waals surface area contributed by atoms with Gasteiger partial charge in [-0.25, -0.2) is 0 Å². The normalized spacial score (nSPS) is 16.1. The summed E-state index contributed by atoms with van der Waals surface area (Å²) in [5, 5.41) is 12.2. The molecule has 5 heteroatoms. The molecule has 0 aliphatic carbocycles. The zero-order chi connectivity index (χ0) is 12.8. The van der Waals surface area contributed by atoms with Crippen LogP contribution >= 0.6 is 24.8 Å². The number of piperazine rings is 1. The average Bonchev–Trinajstić information content (AvgIpc) is 2.46. The van der Waals surface area contributed by atoms with Gasteiger partial charge in [0.15, 0.2) is 0 Å². The molecule has 110 valence electrons. The minimum Gasteiger partial charge on any atom is -0.314 e. The quantitative estimate of drug-likeness (QED) is 0.869. The number of nitrogens with one attached hydrogen (secondary N) is 1. The Balaban J connectivity index is 0.00000180. The Morgan fingerprint density at radius 1 is 1.25 bits per heavy atom. The molecule has 0 radical (unpaired) electrons. The van der Waals surface area contributed by atoms with Crippen molar-refractivity contribution in [1.29, 1.82) is 5.26 Å². The van der Waals surface area contributed by atoms with Crippen molar-refractivity contribution < 1.29 is 0 Å². The summed E-state index contributed by atoms with van der Waals surface area (Å²) >= 11 is 0. The number of hydrogen-bond acceptors (Lipinski definition) is 3. The minimum absolute atomic E-state index is 0. The van der Waals surface area contributed by atoms with Crippen LogP contribution in [0.5, 0.6) is 0 Å². The van der Waals surface area contributed by atoms with E-state index in [9.17, 15) is 0 Å². The van der Waals surface area contributed by atoms with Gasteiger partial charge in [0.1, 0.15) is 0 Å². The fourth-order valence-corrected chi connectivity index (χ4v) is 2.43. The van der Waals surface area contributed by atoms with Gasteiger partial charge in [0, 0.05) is 32.2 Å². The summed E-state index contributed by atoms with van der Waals surface area (Å²) in [5.74, 6) is 0. The molecule has 1 fully saturated rings. The zero-order valence-corrected chi connectivity index (χ0v) is 13.1. The summed E-state index contributed by atoms with van der Waals surface area (Å²) in [6.07, 6.45) is 2.93. The van der Waals surface area contributed by atoms with Crippen LogP contribution in [0.4, 0.5) is 0 Å². The highest BCUT2D eigenvalue weighted by Crippen LogP contribution is 2.25. The van der Waals surface area contributed by atoms with Gasteiger partial charge >= 0.3 is 0 Å². The van der Waals surface area contributed by atoms with Gasteiger partial charge in [-0.15, -0.1) is 31.4 Å².